The Hall–Kier alpha value is -2.84. The second kappa shape index (κ2) is 10.6. The number of benzene rings is 2. The van der Waals surface area contributed by atoms with Gasteiger partial charge in [-0.2, -0.15) is 5.26 Å². The highest BCUT2D eigenvalue weighted by molar-refractivity contribution is 5.72. The summed E-state index contributed by atoms with van der Waals surface area (Å²) in [6, 6.07) is 14.2. The van der Waals surface area contributed by atoms with Gasteiger partial charge in [0.05, 0.1) is 11.6 Å². The summed E-state index contributed by atoms with van der Waals surface area (Å²) in [5.41, 5.74) is 3.60. The molecule has 2 aromatic rings. The molecular weight excluding hydrogens is 357 g/mol. The first-order chi connectivity index (χ1) is 14.2. The van der Waals surface area contributed by atoms with Crippen LogP contribution >= 0.6 is 0 Å². The molecule has 0 heterocycles. The zero-order valence-corrected chi connectivity index (χ0v) is 17.2. The lowest BCUT2D eigenvalue weighted by atomic mass is 9.86. The molecule has 0 bridgehead atoms. The SMILES string of the molecule is CCCCCCC1CC=C(C#Cc2ccccc2-c2ccc(C#N)cc2F)CC1. The highest BCUT2D eigenvalue weighted by atomic mass is 19.1. The van der Waals surface area contributed by atoms with Crippen molar-refractivity contribution >= 4 is 0 Å². The topological polar surface area (TPSA) is 23.8 Å². The van der Waals surface area contributed by atoms with Gasteiger partial charge in [-0.25, -0.2) is 4.39 Å². The molecule has 0 radical (unpaired) electrons. The number of nitrogens with zero attached hydrogens (tertiary/aromatic N) is 1. The number of halogens is 1. The van der Waals surface area contributed by atoms with Gasteiger partial charge in [0, 0.05) is 16.7 Å². The zero-order chi connectivity index (χ0) is 20.5. The number of unbranched alkanes of at least 4 members (excludes halogenated alkanes) is 3. The predicted octanol–water partition coefficient (Wildman–Crippen LogP) is 7.41. The number of hydrogen-bond donors (Lipinski definition) is 0. The largest absolute Gasteiger partial charge is 0.206 e. The van der Waals surface area contributed by atoms with Crippen LogP contribution in [0.5, 0.6) is 0 Å². The van der Waals surface area contributed by atoms with Crippen LogP contribution in [0.4, 0.5) is 4.39 Å². The third-order valence-electron chi connectivity index (χ3n) is 5.66. The Morgan fingerprint density at radius 3 is 2.62 bits per heavy atom. The third kappa shape index (κ3) is 5.82. The first-order valence-corrected chi connectivity index (χ1v) is 10.7. The van der Waals surface area contributed by atoms with Crippen LogP contribution in [0.25, 0.3) is 11.1 Å². The van der Waals surface area contributed by atoms with Crippen LogP contribution in [0.2, 0.25) is 0 Å². The van der Waals surface area contributed by atoms with Crippen LogP contribution in [0.1, 0.15) is 69.4 Å². The molecule has 2 aromatic carbocycles. The summed E-state index contributed by atoms with van der Waals surface area (Å²) < 4.78 is 14.5. The van der Waals surface area contributed by atoms with Crippen molar-refractivity contribution in [2.75, 3.05) is 0 Å². The lowest BCUT2D eigenvalue weighted by molar-refractivity contribution is 0.417. The van der Waals surface area contributed by atoms with Crippen molar-refractivity contribution in [2.24, 2.45) is 5.92 Å². The van der Waals surface area contributed by atoms with Crippen LogP contribution in [0.3, 0.4) is 0 Å². The molecule has 3 rings (SSSR count). The number of allylic oxidation sites excluding steroid dienone is 2. The summed E-state index contributed by atoms with van der Waals surface area (Å²) in [6.07, 6.45) is 12.4. The molecule has 0 saturated carbocycles. The van der Waals surface area contributed by atoms with Crippen molar-refractivity contribution in [1.29, 1.82) is 5.26 Å². The van der Waals surface area contributed by atoms with E-state index in [0.717, 1.165) is 29.9 Å². The second-order valence-corrected chi connectivity index (χ2v) is 7.82. The van der Waals surface area contributed by atoms with E-state index in [4.69, 9.17) is 5.26 Å². The molecule has 0 saturated heterocycles. The average Bonchev–Trinajstić information content (AvgIpc) is 2.76. The first-order valence-electron chi connectivity index (χ1n) is 10.7. The Morgan fingerprint density at radius 2 is 1.90 bits per heavy atom. The molecule has 0 N–H and O–H groups in total. The normalized spacial score (nSPS) is 15.8. The van der Waals surface area contributed by atoms with E-state index in [2.05, 4.69) is 24.8 Å². The van der Waals surface area contributed by atoms with E-state index >= 15 is 0 Å². The monoisotopic (exact) mass is 385 g/mol. The Morgan fingerprint density at radius 1 is 1.03 bits per heavy atom. The third-order valence-corrected chi connectivity index (χ3v) is 5.66. The molecule has 1 unspecified atom stereocenters. The Bertz CT molecular complexity index is 968. The average molecular weight is 386 g/mol. The highest BCUT2D eigenvalue weighted by Crippen LogP contribution is 2.29. The molecular formula is C27H28FN. The van der Waals surface area contributed by atoms with Gasteiger partial charge in [0.25, 0.3) is 0 Å². The van der Waals surface area contributed by atoms with E-state index in [1.807, 2.05) is 30.3 Å². The van der Waals surface area contributed by atoms with Gasteiger partial charge in [0.2, 0.25) is 0 Å². The fourth-order valence-electron chi connectivity index (χ4n) is 3.90. The number of hydrogen-bond acceptors (Lipinski definition) is 1. The summed E-state index contributed by atoms with van der Waals surface area (Å²) in [5.74, 6) is 7.00. The molecule has 1 aliphatic carbocycles. The van der Waals surface area contributed by atoms with Crippen LogP contribution in [-0.4, -0.2) is 0 Å². The molecule has 0 aromatic heterocycles. The van der Waals surface area contributed by atoms with Crippen molar-refractivity contribution in [3.05, 3.63) is 71.1 Å². The molecule has 1 atom stereocenters. The molecule has 0 fully saturated rings. The minimum Gasteiger partial charge on any atom is -0.206 e. The fourth-order valence-corrected chi connectivity index (χ4v) is 3.90. The molecule has 1 nitrogen and oxygen atoms in total. The molecule has 148 valence electrons. The first kappa shape index (κ1) is 20.9. The maximum Gasteiger partial charge on any atom is 0.132 e. The van der Waals surface area contributed by atoms with Gasteiger partial charge in [0.15, 0.2) is 0 Å². The van der Waals surface area contributed by atoms with Gasteiger partial charge < -0.3 is 0 Å². The van der Waals surface area contributed by atoms with Gasteiger partial charge in [-0.1, -0.05) is 81.2 Å². The van der Waals surface area contributed by atoms with E-state index in [1.54, 1.807) is 12.1 Å². The van der Waals surface area contributed by atoms with Gasteiger partial charge in [0.1, 0.15) is 5.82 Å². The van der Waals surface area contributed by atoms with Crippen molar-refractivity contribution in [3.63, 3.8) is 0 Å². The van der Waals surface area contributed by atoms with Gasteiger partial charge in [-0.05, 0) is 49.0 Å². The van der Waals surface area contributed by atoms with Gasteiger partial charge >= 0.3 is 0 Å². The molecule has 29 heavy (non-hydrogen) atoms. The Kier molecular flexibility index (Phi) is 7.66. The lowest BCUT2D eigenvalue weighted by Gasteiger charge is -2.19. The minimum atomic E-state index is -0.388. The van der Waals surface area contributed by atoms with E-state index in [0.29, 0.717) is 11.1 Å². The lowest BCUT2D eigenvalue weighted by Crippen LogP contribution is -2.05. The summed E-state index contributed by atoms with van der Waals surface area (Å²) in [5, 5.41) is 8.95. The summed E-state index contributed by atoms with van der Waals surface area (Å²) in [4.78, 5) is 0. The smallest absolute Gasteiger partial charge is 0.132 e. The van der Waals surface area contributed by atoms with Crippen LogP contribution in [-0.2, 0) is 0 Å². The van der Waals surface area contributed by atoms with Crippen LogP contribution < -0.4 is 0 Å². The van der Waals surface area contributed by atoms with Crippen LogP contribution in [0, 0.1) is 34.9 Å². The molecule has 0 spiro atoms. The minimum absolute atomic E-state index is 0.325. The Balaban J connectivity index is 1.71. The maximum atomic E-state index is 14.5. The van der Waals surface area contributed by atoms with Crippen molar-refractivity contribution in [2.45, 2.75) is 58.3 Å². The summed E-state index contributed by atoms with van der Waals surface area (Å²) in [6.45, 7) is 2.25. The standard InChI is InChI=1S/C27H28FN/c1-2-3-4-5-8-21-11-13-22(14-12-21)15-17-24-9-6-7-10-25(24)26-18-16-23(20-29)19-27(26)28/h6-7,9-10,13,16,18-19,21H,2-5,8,11-12,14H2,1H3. The van der Waals surface area contributed by atoms with Crippen molar-refractivity contribution < 1.29 is 4.39 Å². The Labute approximate surface area is 174 Å². The second-order valence-electron chi connectivity index (χ2n) is 7.82. The fraction of sp³-hybridized carbons (Fsp3) is 0.370. The van der Waals surface area contributed by atoms with E-state index in [9.17, 15) is 4.39 Å². The highest BCUT2D eigenvalue weighted by Gasteiger charge is 2.13. The quantitative estimate of drug-likeness (QED) is 0.375. The predicted molar refractivity (Wildman–Crippen MR) is 118 cm³/mol. The van der Waals surface area contributed by atoms with E-state index in [1.165, 1.54) is 50.2 Å². The number of nitriles is 1. The van der Waals surface area contributed by atoms with E-state index < -0.39 is 0 Å². The van der Waals surface area contributed by atoms with E-state index in [-0.39, 0.29) is 5.82 Å². The molecule has 0 aliphatic heterocycles. The summed E-state index contributed by atoms with van der Waals surface area (Å²) in [7, 11) is 0. The van der Waals surface area contributed by atoms with Crippen molar-refractivity contribution in [3.8, 4) is 29.0 Å². The molecule has 0 amide bonds. The van der Waals surface area contributed by atoms with Crippen LogP contribution in [0.15, 0.2) is 54.1 Å². The number of rotatable bonds is 6. The zero-order valence-electron chi connectivity index (χ0n) is 17.2. The van der Waals surface area contributed by atoms with Gasteiger partial charge in [-0.3, -0.25) is 0 Å². The summed E-state index contributed by atoms with van der Waals surface area (Å²) >= 11 is 0. The van der Waals surface area contributed by atoms with Gasteiger partial charge in [-0.15, -0.1) is 0 Å². The van der Waals surface area contributed by atoms with Crippen molar-refractivity contribution in [1.82, 2.24) is 0 Å². The molecule has 2 heteroatoms. The molecule has 1 aliphatic rings. The maximum absolute atomic E-state index is 14.5.